The van der Waals surface area contributed by atoms with Gasteiger partial charge in [-0.3, -0.25) is 9.69 Å². The Morgan fingerprint density at radius 1 is 1.11 bits per heavy atom. The highest BCUT2D eigenvalue weighted by molar-refractivity contribution is 7.18. The summed E-state index contributed by atoms with van der Waals surface area (Å²) in [7, 11) is 3.08. The van der Waals surface area contributed by atoms with Gasteiger partial charge in [0.2, 0.25) is 5.13 Å². The number of amides is 1. The number of benzene rings is 2. The Balaban J connectivity index is 1.93. The van der Waals surface area contributed by atoms with Crippen LogP contribution >= 0.6 is 11.3 Å². The van der Waals surface area contributed by atoms with Crippen molar-refractivity contribution >= 4 is 22.4 Å². The van der Waals surface area contributed by atoms with Crippen molar-refractivity contribution in [3.05, 3.63) is 59.9 Å². The van der Waals surface area contributed by atoms with E-state index in [0.29, 0.717) is 34.6 Å². The standard InChI is InChI=1S/C19H18FN3O3S/c1-25-12-11-23(18(24)15-5-3-4-6-16(15)26-2)19-22-21-17(27-19)13-7-9-14(20)10-8-13/h3-10H,11-12H2,1-2H3. The molecule has 0 unspecified atom stereocenters. The normalized spacial score (nSPS) is 10.6. The topological polar surface area (TPSA) is 64.5 Å². The maximum absolute atomic E-state index is 13.1. The molecule has 0 aliphatic carbocycles. The predicted octanol–water partition coefficient (Wildman–Crippen LogP) is 3.65. The van der Waals surface area contributed by atoms with E-state index in [9.17, 15) is 9.18 Å². The fourth-order valence-electron chi connectivity index (χ4n) is 2.47. The zero-order chi connectivity index (χ0) is 19.2. The molecular weight excluding hydrogens is 369 g/mol. The molecule has 0 fully saturated rings. The van der Waals surface area contributed by atoms with Crippen LogP contribution in [0.15, 0.2) is 48.5 Å². The minimum Gasteiger partial charge on any atom is -0.496 e. The first-order chi connectivity index (χ1) is 13.1. The molecule has 3 rings (SSSR count). The second-order valence-electron chi connectivity index (χ2n) is 5.55. The van der Waals surface area contributed by atoms with E-state index in [-0.39, 0.29) is 11.7 Å². The number of aromatic nitrogens is 2. The number of halogens is 1. The van der Waals surface area contributed by atoms with E-state index < -0.39 is 0 Å². The van der Waals surface area contributed by atoms with Gasteiger partial charge in [0.25, 0.3) is 5.91 Å². The van der Waals surface area contributed by atoms with Crippen LogP contribution in [0.5, 0.6) is 5.75 Å². The third-order valence-corrected chi connectivity index (χ3v) is 4.83. The van der Waals surface area contributed by atoms with Gasteiger partial charge in [-0.1, -0.05) is 23.5 Å². The van der Waals surface area contributed by atoms with E-state index in [1.54, 1.807) is 43.5 Å². The molecule has 0 bridgehead atoms. The molecule has 1 aromatic heterocycles. The molecule has 1 amide bonds. The van der Waals surface area contributed by atoms with E-state index in [1.165, 1.54) is 35.5 Å². The predicted molar refractivity (Wildman–Crippen MR) is 102 cm³/mol. The smallest absolute Gasteiger partial charge is 0.263 e. The second kappa shape index (κ2) is 8.70. The molecule has 3 aromatic rings. The van der Waals surface area contributed by atoms with Gasteiger partial charge in [0, 0.05) is 12.7 Å². The average Bonchev–Trinajstić information content (AvgIpc) is 3.18. The van der Waals surface area contributed by atoms with Crippen LogP contribution in [0, 0.1) is 5.82 Å². The van der Waals surface area contributed by atoms with Gasteiger partial charge in [0.05, 0.1) is 25.8 Å². The monoisotopic (exact) mass is 387 g/mol. The number of hydrogen-bond donors (Lipinski definition) is 0. The van der Waals surface area contributed by atoms with Gasteiger partial charge < -0.3 is 9.47 Å². The van der Waals surface area contributed by atoms with Crippen LogP contribution in [0.2, 0.25) is 0 Å². The molecule has 0 radical (unpaired) electrons. The van der Waals surface area contributed by atoms with Gasteiger partial charge in [-0.25, -0.2) is 4.39 Å². The van der Waals surface area contributed by atoms with Crippen LogP contribution in [0.1, 0.15) is 10.4 Å². The molecule has 1 heterocycles. The molecule has 0 saturated heterocycles. The summed E-state index contributed by atoms with van der Waals surface area (Å²) in [4.78, 5) is 14.6. The number of para-hydroxylation sites is 1. The number of carbonyl (C=O) groups is 1. The second-order valence-corrected chi connectivity index (χ2v) is 6.50. The van der Waals surface area contributed by atoms with Crippen molar-refractivity contribution in [1.29, 1.82) is 0 Å². The molecule has 0 spiro atoms. The maximum atomic E-state index is 13.1. The van der Waals surface area contributed by atoms with E-state index in [2.05, 4.69) is 10.2 Å². The molecule has 0 N–H and O–H groups in total. The summed E-state index contributed by atoms with van der Waals surface area (Å²) in [6.07, 6.45) is 0. The molecule has 2 aromatic carbocycles. The highest BCUT2D eigenvalue weighted by Gasteiger charge is 2.24. The highest BCUT2D eigenvalue weighted by atomic mass is 32.1. The van der Waals surface area contributed by atoms with Crippen LogP contribution in [-0.2, 0) is 4.74 Å². The van der Waals surface area contributed by atoms with Gasteiger partial charge in [-0.05, 0) is 36.4 Å². The Morgan fingerprint density at radius 3 is 2.56 bits per heavy atom. The van der Waals surface area contributed by atoms with Gasteiger partial charge >= 0.3 is 0 Å². The third-order valence-electron chi connectivity index (χ3n) is 3.84. The van der Waals surface area contributed by atoms with E-state index in [0.717, 1.165) is 5.56 Å². The van der Waals surface area contributed by atoms with Crippen molar-refractivity contribution in [3.63, 3.8) is 0 Å². The summed E-state index contributed by atoms with van der Waals surface area (Å²) < 4.78 is 23.6. The average molecular weight is 387 g/mol. The van der Waals surface area contributed by atoms with Crippen LogP contribution in [0.25, 0.3) is 10.6 Å². The fourth-order valence-corrected chi connectivity index (χ4v) is 3.34. The maximum Gasteiger partial charge on any atom is 0.263 e. The number of anilines is 1. The summed E-state index contributed by atoms with van der Waals surface area (Å²) in [5.41, 5.74) is 1.16. The van der Waals surface area contributed by atoms with Crippen molar-refractivity contribution in [3.8, 4) is 16.3 Å². The molecule has 0 saturated carbocycles. The molecule has 8 heteroatoms. The first-order valence-corrected chi connectivity index (χ1v) is 8.99. The Kier molecular flexibility index (Phi) is 6.10. The van der Waals surface area contributed by atoms with Crippen molar-refractivity contribution in [2.75, 3.05) is 32.3 Å². The Bertz CT molecular complexity index is 915. The number of hydrogen-bond acceptors (Lipinski definition) is 6. The van der Waals surface area contributed by atoms with E-state index >= 15 is 0 Å². The Hall–Kier alpha value is -2.84. The lowest BCUT2D eigenvalue weighted by molar-refractivity contribution is 0.0973. The molecule has 0 atom stereocenters. The first kappa shape index (κ1) is 18.9. The van der Waals surface area contributed by atoms with E-state index in [4.69, 9.17) is 9.47 Å². The van der Waals surface area contributed by atoms with Gasteiger partial charge in [-0.15, -0.1) is 10.2 Å². The van der Waals surface area contributed by atoms with Crippen molar-refractivity contribution in [2.24, 2.45) is 0 Å². The van der Waals surface area contributed by atoms with Crippen molar-refractivity contribution in [1.82, 2.24) is 10.2 Å². The lowest BCUT2D eigenvalue weighted by Crippen LogP contribution is -2.34. The third kappa shape index (κ3) is 4.29. The zero-order valence-electron chi connectivity index (χ0n) is 14.9. The summed E-state index contributed by atoms with van der Waals surface area (Å²) in [6.45, 7) is 0.651. The minimum absolute atomic E-state index is 0.258. The number of ether oxygens (including phenoxy) is 2. The molecule has 0 aliphatic heterocycles. The fraction of sp³-hybridized carbons (Fsp3) is 0.211. The minimum atomic E-state index is -0.323. The van der Waals surface area contributed by atoms with Crippen molar-refractivity contribution < 1.29 is 18.7 Å². The highest BCUT2D eigenvalue weighted by Crippen LogP contribution is 2.30. The Morgan fingerprint density at radius 2 is 1.85 bits per heavy atom. The van der Waals surface area contributed by atoms with E-state index in [1.807, 2.05) is 0 Å². The number of carbonyl (C=O) groups excluding carboxylic acids is 1. The van der Waals surface area contributed by atoms with Crippen molar-refractivity contribution in [2.45, 2.75) is 0 Å². The molecule has 140 valence electrons. The SMILES string of the molecule is COCCN(C(=O)c1ccccc1OC)c1nnc(-c2ccc(F)cc2)s1. The summed E-state index contributed by atoms with van der Waals surface area (Å²) in [5, 5.41) is 9.33. The molecular formula is C19H18FN3O3S. The lowest BCUT2D eigenvalue weighted by Gasteiger charge is -2.20. The van der Waals surface area contributed by atoms with Crippen LogP contribution in [0.4, 0.5) is 9.52 Å². The summed E-state index contributed by atoms with van der Waals surface area (Å²) in [5.74, 6) is -0.101. The summed E-state index contributed by atoms with van der Waals surface area (Å²) >= 11 is 1.25. The summed E-state index contributed by atoms with van der Waals surface area (Å²) in [6, 6.07) is 13.0. The molecule has 27 heavy (non-hydrogen) atoms. The largest absolute Gasteiger partial charge is 0.496 e. The van der Waals surface area contributed by atoms with Crippen LogP contribution in [0.3, 0.4) is 0 Å². The van der Waals surface area contributed by atoms with Gasteiger partial charge in [-0.2, -0.15) is 0 Å². The number of nitrogens with zero attached hydrogens (tertiary/aromatic N) is 3. The van der Waals surface area contributed by atoms with Gasteiger partial charge in [0.15, 0.2) is 0 Å². The van der Waals surface area contributed by atoms with Gasteiger partial charge in [0.1, 0.15) is 16.6 Å². The van der Waals surface area contributed by atoms with Crippen LogP contribution < -0.4 is 9.64 Å². The van der Waals surface area contributed by atoms with Crippen LogP contribution in [-0.4, -0.2) is 43.5 Å². The first-order valence-electron chi connectivity index (χ1n) is 8.17. The zero-order valence-corrected chi connectivity index (χ0v) is 15.7. The Labute approximate surface area is 160 Å². The molecule has 0 aliphatic rings. The molecule has 6 nitrogen and oxygen atoms in total. The number of methoxy groups -OCH3 is 2. The quantitative estimate of drug-likeness (QED) is 0.619. The lowest BCUT2D eigenvalue weighted by atomic mass is 10.2. The number of rotatable bonds is 7.